The normalized spacial score (nSPS) is 16.5. The summed E-state index contributed by atoms with van der Waals surface area (Å²) in [5, 5.41) is 4.18. The third-order valence-corrected chi connectivity index (χ3v) is 7.48. The first-order valence-corrected chi connectivity index (χ1v) is 12.0. The Morgan fingerprint density at radius 2 is 2.12 bits per heavy atom. The number of nitrogens with zero attached hydrogens (tertiary/aromatic N) is 4. The number of amides is 1. The van der Waals surface area contributed by atoms with Crippen molar-refractivity contribution in [2.45, 2.75) is 25.8 Å². The number of pyridine rings is 1. The minimum Gasteiger partial charge on any atom is -0.496 e. The van der Waals surface area contributed by atoms with Crippen LogP contribution in [0.15, 0.2) is 42.7 Å². The van der Waals surface area contributed by atoms with Crippen LogP contribution in [0.25, 0.3) is 5.52 Å². The van der Waals surface area contributed by atoms with Gasteiger partial charge in [0.2, 0.25) is 0 Å². The number of nitrogens with one attached hydrogen (secondary N) is 1. The molecule has 4 rings (SSSR count). The molecule has 9 nitrogen and oxygen atoms in total. The van der Waals surface area contributed by atoms with Crippen molar-refractivity contribution in [3.8, 4) is 5.75 Å². The molecule has 0 radical (unpaired) electrons. The molecule has 3 aromatic rings. The third-order valence-electron chi connectivity index (χ3n) is 5.96. The van der Waals surface area contributed by atoms with Crippen molar-refractivity contribution in [1.29, 1.82) is 0 Å². The molecule has 1 atom stereocenters. The number of benzene rings is 1. The van der Waals surface area contributed by atoms with Gasteiger partial charge in [-0.25, -0.2) is 13.6 Å². The van der Waals surface area contributed by atoms with E-state index in [-0.39, 0.29) is 24.0 Å². The number of rotatable bonds is 7. The highest BCUT2D eigenvalue weighted by Gasteiger charge is 2.30. The Hall–Kier alpha value is -3.18. The van der Waals surface area contributed by atoms with E-state index in [4.69, 9.17) is 4.74 Å². The van der Waals surface area contributed by atoms with Crippen molar-refractivity contribution in [3.05, 3.63) is 59.7 Å². The van der Waals surface area contributed by atoms with Gasteiger partial charge in [-0.2, -0.15) is 17.8 Å². The number of carbonyl (C=O) groups is 1. The number of fused-ring (bicyclic) bond motifs is 1. The first kappa shape index (κ1) is 23.0. The van der Waals surface area contributed by atoms with Gasteiger partial charge in [0.15, 0.2) is 0 Å². The van der Waals surface area contributed by atoms with Crippen LogP contribution in [0.1, 0.15) is 41.7 Å². The second-order valence-electron chi connectivity index (χ2n) is 7.86. The van der Waals surface area contributed by atoms with Gasteiger partial charge in [0, 0.05) is 37.6 Å². The van der Waals surface area contributed by atoms with Crippen molar-refractivity contribution in [3.63, 3.8) is 0 Å². The number of hydrogen-bond donors (Lipinski definition) is 1. The molecule has 0 spiro atoms. The minimum absolute atomic E-state index is 0.100. The highest BCUT2D eigenvalue weighted by Crippen LogP contribution is 2.40. The lowest BCUT2D eigenvalue weighted by molar-refractivity contribution is 0.0981. The maximum absolute atomic E-state index is 14.0. The molecule has 0 bridgehead atoms. The zero-order chi connectivity index (χ0) is 23.8. The van der Waals surface area contributed by atoms with Crippen molar-refractivity contribution in [2.75, 3.05) is 32.1 Å². The summed E-state index contributed by atoms with van der Waals surface area (Å²) < 4.78 is 48.7. The van der Waals surface area contributed by atoms with E-state index < -0.39 is 16.1 Å². The van der Waals surface area contributed by atoms with Crippen molar-refractivity contribution in [1.82, 2.24) is 18.6 Å². The van der Waals surface area contributed by atoms with E-state index in [0.717, 1.165) is 34.9 Å². The average Bonchev–Trinajstić information content (AvgIpc) is 3.44. The lowest BCUT2D eigenvalue weighted by Crippen LogP contribution is -2.41. The molecule has 2 aromatic heterocycles. The van der Waals surface area contributed by atoms with Crippen molar-refractivity contribution in [2.24, 2.45) is 0 Å². The van der Waals surface area contributed by atoms with Crippen LogP contribution in [0, 0.1) is 5.82 Å². The molecule has 33 heavy (non-hydrogen) atoms. The van der Waals surface area contributed by atoms with E-state index >= 15 is 0 Å². The van der Waals surface area contributed by atoms with Gasteiger partial charge in [-0.3, -0.25) is 4.79 Å². The molecule has 1 unspecified atom stereocenters. The quantitative estimate of drug-likeness (QED) is 0.565. The number of aromatic nitrogens is 2. The summed E-state index contributed by atoms with van der Waals surface area (Å²) >= 11 is 0. The van der Waals surface area contributed by atoms with Gasteiger partial charge >= 0.3 is 10.2 Å². The van der Waals surface area contributed by atoms with Crippen LogP contribution in [0.3, 0.4) is 0 Å². The molecule has 1 aliphatic heterocycles. The number of carbonyl (C=O) groups excluding carboxylic acids is 1. The standard InChI is InChI=1S/C22H26FN5O4S/c1-4-26(2)33(30,31)25-22(29)18-14-24-28-11-9-16(13-20(18)28)27-10-5-6-19(27)17-12-15(23)7-8-21(17)32-3/h7-9,11-14,19H,4-6,10H2,1-3H3,(H,25,29). The number of hydrogen-bond acceptors (Lipinski definition) is 6. The minimum atomic E-state index is -3.95. The molecule has 1 saturated heterocycles. The zero-order valence-corrected chi connectivity index (χ0v) is 19.5. The van der Waals surface area contributed by atoms with Gasteiger partial charge < -0.3 is 9.64 Å². The van der Waals surface area contributed by atoms with Crippen LogP contribution >= 0.6 is 0 Å². The molecule has 176 valence electrons. The van der Waals surface area contributed by atoms with E-state index in [9.17, 15) is 17.6 Å². The molecular formula is C22H26FN5O4S. The molecule has 3 heterocycles. The molecule has 1 N–H and O–H groups in total. The van der Waals surface area contributed by atoms with E-state index in [1.807, 2.05) is 6.07 Å². The predicted molar refractivity (Wildman–Crippen MR) is 122 cm³/mol. The number of anilines is 1. The van der Waals surface area contributed by atoms with Crippen LogP contribution in [0.2, 0.25) is 0 Å². The zero-order valence-electron chi connectivity index (χ0n) is 18.7. The van der Waals surface area contributed by atoms with Gasteiger partial charge in [-0.05, 0) is 43.2 Å². The molecular weight excluding hydrogens is 449 g/mol. The smallest absolute Gasteiger partial charge is 0.303 e. The highest BCUT2D eigenvalue weighted by atomic mass is 32.2. The topological polar surface area (TPSA) is 96.2 Å². The fourth-order valence-electron chi connectivity index (χ4n) is 4.11. The Labute approximate surface area is 191 Å². The number of methoxy groups -OCH3 is 1. The van der Waals surface area contributed by atoms with Crippen LogP contribution < -0.4 is 14.4 Å². The molecule has 0 saturated carbocycles. The van der Waals surface area contributed by atoms with Gasteiger partial charge in [-0.1, -0.05) is 6.92 Å². The lowest BCUT2D eigenvalue weighted by atomic mass is 10.0. The second kappa shape index (κ2) is 8.99. The Balaban J connectivity index is 1.69. The van der Waals surface area contributed by atoms with E-state index in [2.05, 4.69) is 14.7 Å². The van der Waals surface area contributed by atoms with Crippen molar-refractivity contribution >= 4 is 27.3 Å². The lowest BCUT2D eigenvalue weighted by Gasteiger charge is -2.28. The van der Waals surface area contributed by atoms with Crippen LogP contribution in [-0.4, -0.2) is 55.5 Å². The Kier molecular flexibility index (Phi) is 6.26. The van der Waals surface area contributed by atoms with Crippen LogP contribution in [0.4, 0.5) is 10.1 Å². The van der Waals surface area contributed by atoms with E-state index in [1.54, 1.807) is 32.4 Å². The first-order valence-electron chi connectivity index (χ1n) is 10.6. The molecule has 1 amide bonds. The fourth-order valence-corrected chi connectivity index (χ4v) is 4.95. The maximum atomic E-state index is 14.0. The third kappa shape index (κ3) is 4.38. The molecule has 1 aromatic carbocycles. The highest BCUT2D eigenvalue weighted by molar-refractivity contribution is 7.87. The second-order valence-corrected chi connectivity index (χ2v) is 9.64. The summed E-state index contributed by atoms with van der Waals surface area (Å²) in [5.41, 5.74) is 2.19. The van der Waals surface area contributed by atoms with Crippen molar-refractivity contribution < 1.29 is 22.3 Å². The van der Waals surface area contributed by atoms with E-state index in [1.165, 1.54) is 29.9 Å². The van der Waals surface area contributed by atoms with Gasteiger partial charge in [-0.15, -0.1) is 0 Å². The summed E-state index contributed by atoms with van der Waals surface area (Å²) in [6.45, 7) is 2.64. The van der Waals surface area contributed by atoms with Gasteiger partial charge in [0.05, 0.1) is 30.4 Å². The Morgan fingerprint density at radius 1 is 1.33 bits per heavy atom. The van der Waals surface area contributed by atoms with Crippen LogP contribution in [0.5, 0.6) is 5.75 Å². The Bertz CT molecular complexity index is 1290. The molecule has 0 aliphatic carbocycles. The summed E-state index contributed by atoms with van der Waals surface area (Å²) in [6, 6.07) is 8.05. The summed E-state index contributed by atoms with van der Waals surface area (Å²) in [7, 11) is -1.00. The summed E-state index contributed by atoms with van der Waals surface area (Å²) in [4.78, 5) is 14.9. The van der Waals surface area contributed by atoms with Gasteiger partial charge in [0.25, 0.3) is 5.91 Å². The maximum Gasteiger partial charge on any atom is 0.303 e. The van der Waals surface area contributed by atoms with E-state index in [0.29, 0.717) is 11.3 Å². The average molecular weight is 476 g/mol. The SMILES string of the molecule is CCN(C)S(=O)(=O)NC(=O)c1cnn2ccc(N3CCCC3c3cc(F)ccc3OC)cc12. The molecule has 11 heteroatoms. The fraction of sp³-hybridized carbons (Fsp3) is 0.364. The van der Waals surface area contributed by atoms with Gasteiger partial charge in [0.1, 0.15) is 11.6 Å². The monoisotopic (exact) mass is 475 g/mol. The summed E-state index contributed by atoms with van der Waals surface area (Å²) in [6.07, 6.45) is 4.78. The summed E-state index contributed by atoms with van der Waals surface area (Å²) in [5.74, 6) is -0.475. The number of ether oxygens (including phenoxy) is 1. The number of halogens is 1. The molecule has 1 fully saturated rings. The Morgan fingerprint density at radius 3 is 2.85 bits per heavy atom. The van der Waals surface area contributed by atoms with Crippen LogP contribution in [-0.2, 0) is 10.2 Å². The molecule has 1 aliphatic rings. The predicted octanol–water partition coefficient (Wildman–Crippen LogP) is 2.75. The first-order chi connectivity index (χ1) is 15.7. The largest absolute Gasteiger partial charge is 0.496 e.